The van der Waals surface area contributed by atoms with Crippen LogP contribution >= 0.6 is 0 Å². The van der Waals surface area contributed by atoms with Gasteiger partial charge >= 0.3 is 5.97 Å². The highest BCUT2D eigenvalue weighted by atomic mass is 16.5. The van der Waals surface area contributed by atoms with Gasteiger partial charge in [0.05, 0.1) is 7.11 Å². The van der Waals surface area contributed by atoms with E-state index in [0.717, 1.165) is 0 Å². The van der Waals surface area contributed by atoms with Gasteiger partial charge in [0.25, 0.3) is 0 Å². The van der Waals surface area contributed by atoms with E-state index in [4.69, 9.17) is 9.47 Å². The summed E-state index contributed by atoms with van der Waals surface area (Å²) in [6.07, 6.45) is 1.25. The Balaban J connectivity index is 2.27. The van der Waals surface area contributed by atoms with Crippen LogP contribution in [-0.4, -0.2) is 37.9 Å². The molecule has 0 radical (unpaired) electrons. The minimum Gasteiger partial charge on any atom is -0.468 e. The Hall–Kier alpha value is -2.01. The van der Waals surface area contributed by atoms with Crippen molar-refractivity contribution in [3.8, 4) is 0 Å². The zero-order valence-electron chi connectivity index (χ0n) is 12.8. The first-order valence-electron chi connectivity index (χ1n) is 7.34. The predicted molar refractivity (Wildman–Crippen MR) is 79.8 cm³/mol. The number of esters is 1. The lowest BCUT2D eigenvalue weighted by molar-refractivity contribution is -0.147. The molecule has 1 aromatic carbocycles. The molecule has 1 aliphatic heterocycles. The van der Waals surface area contributed by atoms with Crippen LogP contribution in [-0.2, 0) is 19.1 Å². The maximum absolute atomic E-state index is 12.7. The van der Waals surface area contributed by atoms with Crippen molar-refractivity contribution in [3.63, 3.8) is 0 Å². The molecule has 0 spiro atoms. The van der Waals surface area contributed by atoms with Crippen LogP contribution < -0.4 is 0 Å². The van der Waals surface area contributed by atoms with Crippen LogP contribution in [0.25, 0.3) is 0 Å². The van der Waals surface area contributed by atoms with Gasteiger partial charge in [0.2, 0.25) is 0 Å². The van der Waals surface area contributed by atoms with Crippen LogP contribution in [0.5, 0.6) is 0 Å². The highest BCUT2D eigenvalue weighted by Crippen LogP contribution is 2.27. The summed E-state index contributed by atoms with van der Waals surface area (Å²) in [5.41, 5.74) is 1.11. The summed E-state index contributed by atoms with van der Waals surface area (Å²) in [5, 5.41) is 0. The number of Topliss-reactive ketones (excluding diaryl/α,β-unsaturated/α-hetero) is 2. The molecule has 0 aromatic heterocycles. The van der Waals surface area contributed by atoms with E-state index in [2.05, 4.69) is 0 Å². The van der Waals surface area contributed by atoms with E-state index in [9.17, 15) is 14.4 Å². The number of benzene rings is 1. The van der Waals surface area contributed by atoms with Crippen LogP contribution in [0.1, 0.15) is 41.6 Å². The van der Waals surface area contributed by atoms with Crippen molar-refractivity contribution in [2.75, 3.05) is 20.3 Å². The molecule has 118 valence electrons. The molecule has 5 nitrogen and oxygen atoms in total. The zero-order chi connectivity index (χ0) is 16.1. The Labute approximate surface area is 129 Å². The number of methoxy groups -OCH3 is 1. The molecular weight excluding hydrogens is 284 g/mol. The summed E-state index contributed by atoms with van der Waals surface area (Å²) < 4.78 is 10.1. The fraction of sp³-hybridized carbons (Fsp3) is 0.471. The van der Waals surface area contributed by atoms with E-state index in [-0.39, 0.29) is 17.5 Å². The molecule has 1 aromatic rings. The van der Waals surface area contributed by atoms with E-state index >= 15 is 0 Å². The molecule has 1 aliphatic rings. The van der Waals surface area contributed by atoms with Gasteiger partial charge in [0.1, 0.15) is 5.92 Å². The fourth-order valence-corrected chi connectivity index (χ4v) is 2.66. The van der Waals surface area contributed by atoms with Crippen molar-refractivity contribution in [3.05, 3.63) is 35.4 Å². The third-order valence-corrected chi connectivity index (χ3v) is 4.00. The van der Waals surface area contributed by atoms with Crippen LogP contribution in [0.2, 0.25) is 0 Å². The van der Waals surface area contributed by atoms with Crippen LogP contribution in [0.3, 0.4) is 0 Å². The number of carbonyl (C=O) groups excluding carboxylic acids is 3. The normalized spacial score (nSPS) is 16.8. The van der Waals surface area contributed by atoms with Crippen LogP contribution in [0.15, 0.2) is 24.3 Å². The summed E-state index contributed by atoms with van der Waals surface area (Å²) >= 11 is 0. The average Bonchev–Trinajstić information content (AvgIpc) is 2.56. The van der Waals surface area contributed by atoms with Crippen molar-refractivity contribution >= 4 is 17.5 Å². The largest absolute Gasteiger partial charge is 0.468 e. The first-order chi connectivity index (χ1) is 10.5. The Morgan fingerprint density at radius 3 is 2.23 bits per heavy atom. The topological polar surface area (TPSA) is 69.7 Å². The Bertz CT molecular complexity index is 555. The first-order valence-corrected chi connectivity index (χ1v) is 7.34. The zero-order valence-corrected chi connectivity index (χ0v) is 12.8. The van der Waals surface area contributed by atoms with Gasteiger partial charge in [-0.05, 0) is 25.3 Å². The van der Waals surface area contributed by atoms with E-state index < -0.39 is 11.9 Å². The second-order valence-corrected chi connectivity index (χ2v) is 5.42. The molecule has 0 bridgehead atoms. The maximum atomic E-state index is 12.7. The molecule has 1 saturated heterocycles. The van der Waals surface area contributed by atoms with E-state index in [0.29, 0.717) is 37.2 Å². The Morgan fingerprint density at radius 1 is 1.14 bits per heavy atom. The van der Waals surface area contributed by atoms with Crippen LogP contribution in [0, 0.1) is 5.92 Å². The third-order valence-electron chi connectivity index (χ3n) is 4.00. The SMILES string of the molecule is COC(=O)C(C(=O)C1CCOCC1)c1ccc(C(C)=O)cc1. The highest BCUT2D eigenvalue weighted by molar-refractivity contribution is 6.05. The number of hydrogen-bond acceptors (Lipinski definition) is 5. The summed E-state index contributed by atoms with van der Waals surface area (Å²) in [6, 6.07) is 6.56. The van der Waals surface area contributed by atoms with Crippen molar-refractivity contribution in [2.45, 2.75) is 25.7 Å². The average molecular weight is 304 g/mol. The number of ketones is 2. The quantitative estimate of drug-likeness (QED) is 0.473. The van der Waals surface area contributed by atoms with E-state index in [1.54, 1.807) is 24.3 Å². The van der Waals surface area contributed by atoms with Gasteiger partial charge in [0.15, 0.2) is 11.6 Å². The van der Waals surface area contributed by atoms with Crippen molar-refractivity contribution in [2.24, 2.45) is 5.92 Å². The number of hydrogen-bond donors (Lipinski definition) is 0. The van der Waals surface area contributed by atoms with Gasteiger partial charge in [-0.1, -0.05) is 24.3 Å². The van der Waals surface area contributed by atoms with Gasteiger partial charge < -0.3 is 9.47 Å². The molecule has 22 heavy (non-hydrogen) atoms. The molecule has 5 heteroatoms. The molecule has 2 rings (SSSR count). The number of rotatable bonds is 5. The smallest absolute Gasteiger partial charge is 0.320 e. The predicted octanol–water partition coefficient (Wildman–Crippen LogP) is 2.14. The van der Waals surface area contributed by atoms with Crippen molar-refractivity contribution in [1.82, 2.24) is 0 Å². The van der Waals surface area contributed by atoms with Crippen molar-refractivity contribution in [1.29, 1.82) is 0 Å². The molecule has 1 atom stereocenters. The molecule has 1 unspecified atom stereocenters. The molecule has 1 heterocycles. The molecule has 0 amide bonds. The monoisotopic (exact) mass is 304 g/mol. The van der Waals surface area contributed by atoms with Gasteiger partial charge in [-0.2, -0.15) is 0 Å². The Kier molecular flexibility index (Phi) is 5.44. The van der Waals surface area contributed by atoms with Gasteiger partial charge in [-0.15, -0.1) is 0 Å². The first kappa shape index (κ1) is 16.4. The summed E-state index contributed by atoms with van der Waals surface area (Å²) in [4.78, 5) is 36.1. The van der Waals surface area contributed by atoms with Gasteiger partial charge in [0, 0.05) is 24.7 Å². The third kappa shape index (κ3) is 3.60. The molecular formula is C17H20O5. The lowest BCUT2D eigenvalue weighted by atomic mass is 9.83. The Morgan fingerprint density at radius 2 is 1.73 bits per heavy atom. The highest BCUT2D eigenvalue weighted by Gasteiger charge is 2.35. The van der Waals surface area contributed by atoms with Crippen LogP contribution in [0.4, 0.5) is 0 Å². The summed E-state index contributed by atoms with van der Waals surface area (Å²) in [7, 11) is 1.27. The van der Waals surface area contributed by atoms with Gasteiger partial charge in [-0.3, -0.25) is 14.4 Å². The minimum absolute atomic E-state index is 0.0584. The second-order valence-electron chi connectivity index (χ2n) is 5.42. The molecule has 0 N–H and O–H groups in total. The minimum atomic E-state index is -0.936. The standard InChI is InChI=1S/C17H20O5/c1-11(18)12-3-5-13(6-4-12)15(17(20)21-2)16(19)14-7-9-22-10-8-14/h3-6,14-15H,7-10H2,1-2H3. The molecule has 0 saturated carbocycles. The molecule has 1 fully saturated rings. The number of ether oxygens (including phenoxy) is 2. The second kappa shape index (κ2) is 7.31. The van der Waals surface area contributed by atoms with Crippen molar-refractivity contribution < 1.29 is 23.9 Å². The lowest BCUT2D eigenvalue weighted by Crippen LogP contribution is -2.32. The number of carbonyl (C=O) groups is 3. The summed E-state index contributed by atoms with van der Waals surface area (Å²) in [6.45, 7) is 2.54. The van der Waals surface area contributed by atoms with Gasteiger partial charge in [-0.25, -0.2) is 0 Å². The summed E-state index contributed by atoms with van der Waals surface area (Å²) in [5.74, 6) is -1.88. The van der Waals surface area contributed by atoms with E-state index in [1.807, 2.05) is 0 Å². The van der Waals surface area contributed by atoms with E-state index in [1.165, 1.54) is 14.0 Å². The fourth-order valence-electron chi connectivity index (χ4n) is 2.66. The maximum Gasteiger partial charge on any atom is 0.320 e. The lowest BCUT2D eigenvalue weighted by Gasteiger charge is -2.24. The molecule has 0 aliphatic carbocycles.